The molecule has 0 saturated carbocycles. The molecule has 0 aliphatic heterocycles. The van der Waals surface area contributed by atoms with Gasteiger partial charge in [0.25, 0.3) is 0 Å². The minimum absolute atomic E-state index is 0.693. The number of benzene rings is 1. The van der Waals surface area contributed by atoms with Gasteiger partial charge >= 0.3 is 0 Å². The number of rotatable bonds is 0. The molecule has 0 fully saturated rings. The lowest BCUT2D eigenvalue weighted by Crippen LogP contribution is -1.86. The van der Waals surface area contributed by atoms with Gasteiger partial charge in [-0.2, -0.15) is 10.4 Å². The second-order valence-electron chi connectivity index (χ2n) is 3.15. The van der Waals surface area contributed by atoms with Gasteiger partial charge < -0.3 is 0 Å². The molecule has 64 valence electrons. The van der Waals surface area contributed by atoms with Crippen molar-refractivity contribution in [1.29, 1.82) is 5.26 Å². The summed E-state index contributed by atoms with van der Waals surface area (Å²) in [5.41, 5.74) is 2.72. The molecule has 0 saturated heterocycles. The second-order valence-corrected chi connectivity index (χ2v) is 3.15. The maximum atomic E-state index is 8.75. The Morgan fingerprint density at radius 3 is 2.92 bits per heavy atom. The fourth-order valence-corrected chi connectivity index (χ4v) is 1.49. The van der Waals surface area contributed by atoms with E-state index in [1.807, 2.05) is 32.3 Å². The first-order valence-electron chi connectivity index (χ1n) is 4.05. The van der Waals surface area contributed by atoms with E-state index in [0.29, 0.717) is 5.56 Å². The zero-order chi connectivity index (χ0) is 9.42. The summed E-state index contributed by atoms with van der Waals surface area (Å²) in [6, 6.07) is 5.85. The van der Waals surface area contributed by atoms with Crippen molar-refractivity contribution < 1.29 is 0 Å². The van der Waals surface area contributed by atoms with Crippen molar-refractivity contribution in [3.63, 3.8) is 0 Å². The van der Waals surface area contributed by atoms with E-state index >= 15 is 0 Å². The summed E-state index contributed by atoms with van der Waals surface area (Å²) in [5.74, 6) is 0. The van der Waals surface area contributed by atoms with Gasteiger partial charge in [-0.1, -0.05) is 0 Å². The van der Waals surface area contributed by atoms with E-state index in [1.54, 1.807) is 4.68 Å². The molecule has 2 aromatic rings. The van der Waals surface area contributed by atoms with Crippen LogP contribution in [0.3, 0.4) is 0 Å². The van der Waals surface area contributed by atoms with Crippen LogP contribution >= 0.6 is 0 Å². The fourth-order valence-electron chi connectivity index (χ4n) is 1.49. The molecule has 3 nitrogen and oxygen atoms in total. The third-order valence-corrected chi connectivity index (χ3v) is 2.04. The average Bonchev–Trinajstić information content (AvgIpc) is 2.46. The molecule has 1 aromatic heterocycles. The van der Waals surface area contributed by atoms with Crippen molar-refractivity contribution in [2.45, 2.75) is 6.92 Å². The standard InChI is InChI=1S/C10H9N3/c1-7-3-8(5-11)4-9-6-13(2)12-10(7)9/h3-4,6H,1-2H3. The summed E-state index contributed by atoms with van der Waals surface area (Å²) >= 11 is 0. The van der Waals surface area contributed by atoms with Gasteiger partial charge in [-0.05, 0) is 24.6 Å². The van der Waals surface area contributed by atoms with Crippen LogP contribution in [0.15, 0.2) is 18.3 Å². The van der Waals surface area contributed by atoms with Gasteiger partial charge in [-0.15, -0.1) is 0 Å². The first kappa shape index (κ1) is 7.81. The molecule has 0 radical (unpaired) electrons. The summed E-state index contributed by atoms with van der Waals surface area (Å²) in [6.45, 7) is 1.97. The van der Waals surface area contributed by atoms with Crippen LogP contribution < -0.4 is 0 Å². The van der Waals surface area contributed by atoms with E-state index in [-0.39, 0.29) is 0 Å². The van der Waals surface area contributed by atoms with Crippen molar-refractivity contribution in [2.75, 3.05) is 0 Å². The lowest BCUT2D eigenvalue weighted by Gasteiger charge is -1.94. The Bertz CT molecular complexity index is 503. The topological polar surface area (TPSA) is 41.6 Å². The number of nitrogens with zero attached hydrogens (tertiary/aromatic N) is 3. The Hall–Kier alpha value is -1.82. The van der Waals surface area contributed by atoms with Gasteiger partial charge in [0.05, 0.1) is 17.1 Å². The third-order valence-electron chi connectivity index (χ3n) is 2.04. The lowest BCUT2D eigenvalue weighted by molar-refractivity contribution is 0.779. The summed E-state index contributed by atoms with van der Waals surface area (Å²) in [7, 11) is 1.88. The largest absolute Gasteiger partial charge is 0.275 e. The first-order chi connectivity index (χ1) is 6.20. The Labute approximate surface area is 76.2 Å². The van der Waals surface area contributed by atoms with E-state index in [1.165, 1.54) is 0 Å². The smallest absolute Gasteiger partial charge is 0.0991 e. The first-order valence-corrected chi connectivity index (χ1v) is 4.05. The molecule has 0 atom stereocenters. The molecule has 0 bridgehead atoms. The summed E-state index contributed by atoms with van der Waals surface area (Å²) < 4.78 is 1.76. The van der Waals surface area contributed by atoms with E-state index in [0.717, 1.165) is 16.5 Å². The maximum Gasteiger partial charge on any atom is 0.0991 e. The Kier molecular flexibility index (Phi) is 1.56. The number of aromatic nitrogens is 2. The lowest BCUT2D eigenvalue weighted by atomic mass is 10.1. The van der Waals surface area contributed by atoms with Crippen molar-refractivity contribution in [3.05, 3.63) is 29.5 Å². The minimum Gasteiger partial charge on any atom is -0.275 e. The highest BCUT2D eigenvalue weighted by atomic mass is 15.2. The molecule has 1 aromatic carbocycles. The van der Waals surface area contributed by atoms with E-state index < -0.39 is 0 Å². The predicted octanol–water partition coefficient (Wildman–Crippen LogP) is 1.75. The normalized spacial score (nSPS) is 10.2. The van der Waals surface area contributed by atoms with Crippen LogP contribution in [-0.4, -0.2) is 9.78 Å². The van der Waals surface area contributed by atoms with Crippen LogP contribution in [0.25, 0.3) is 10.9 Å². The number of hydrogen-bond donors (Lipinski definition) is 0. The van der Waals surface area contributed by atoms with Gasteiger partial charge in [0.2, 0.25) is 0 Å². The monoisotopic (exact) mass is 171 g/mol. The molecule has 0 unspecified atom stereocenters. The second kappa shape index (κ2) is 2.60. The molecule has 0 N–H and O–H groups in total. The molecule has 2 rings (SSSR count). The summed E-state index contributed by atoms with van der Waals surface area (Å²) in [6.07, 6.45) is 1.92. The van der Waals surface area contributed by atoms with Crippen molar-refractivity contribution in [3.8, 4) is 6.07 Å². The molecule has 0 spiro atoms. The van der Waals surface area contributed by atoms with Gasteiger partial charge in [-0.25, -0.2) is 0 Å². The highest BCUT2D eigenvalue weighted by Gasteiger charge is 2.03. The predicted molar refractivity (Wildman–Crippen MR) is 50.2 cm³/mol. The van der Waals surface area contributed by atoms with E-state index in [9.17, 15) is 0 Å². The SMILES string of the molecule is Cc1cc(C#N)cc2cn(C)nc12. The van der Waals surface area contributed by atoms with Gasteiger partial charge in [0.15, 0.2) is 0 Å². The zero-order valence-electron chi connectivity index (χ0n) is 7.57. The van der Waals surface area contributed by atoms with Crippen molar-refractivity contribution in [2.24, 2.45) is 7.05 Å². The zero-order valence-corrected chi connectivity index (χ0v) is 7.57. The molecule has 0 aliphatic rings. The minimum atomic E-state index is 0.693. The maximum absolute atomic E-state index is 8.75. The van der Waals surface area contributed by atoms with Crippen LogP contribution in [-0.2, 0) is 7.05 Å². The van der Waals surface area contributed by atoms with Crippen LogP contribution in [0.2, 0.25) is 0 Å². The third kappa shape index (κ3) is 1.17. The van der Waals surface area contributed by atoms with Crippen molar-refractivity contribution >= 4 is 10.9 Å². The Morgan fingerprint density at radius 2 is 2.23 bits per heavy atom. The fraction of sp³-hybridized carbons (Fsp3) is 0.200. The quantitative estimate of drug-likeness (QED) is 0.606. The summed E-state index contributed by atoms with van der Waals surface area (Å²) in [4.78, 5) is 0. The van der Waals surface area contributed by atoms with Crippen LogP contribution in [0.5, 0.6) is 0 Å². The van der Waals surface area contributed by atoms with E-state index in [4.69, 9.17) is 5.26 Å². The highest BCUT2D eigenvalue weighted by molar-refractivity contribution is 5.82. The average molecular weight is 171 g/mol. The molecular formula is C10H9N3. The van der Waals surface area contributed by atoms with Crippen LogP contribution in [0.4, 0.5) is 0 Å². The Balaban J connectivity index is 2.85. The number of nitriles is 1. The number of hydrogen-bond acceptors (Lipinski definition) is 2. The Morgan fingerprint density at radius 1 is 1.46 bits per heavy atom. The van der Waals surface area contributed by atoms with Crippen LogP contribution in [0.1, 0.15) is 11.1 Å². The number of fused-ring (bicyclic) bond motifs is 1. The molecule has 0 amide bonds. The van der Waals surface area contributed by atoms with Gasteiger partial charge in [0, 0.05) is 18.6 Å². The number of aryl methyl sites for hydroxylation is 2. The van der Waals surface area contributed by atoms with Gasteiger partial charge in [0.1, 0.15) is 0 Å². The van der Waals surface area contributed by atoms with Gasteiger partial charge in [-0.3, -0.25) is 4.68 Å². The molecular weight excluding hydrogens is 162 g/mol. The molecule has 1 heterocycles. The molecule has 3 heteroatoms. The summed E-state index contributed by atoms with van der Waals surface area (Å²) in [5, 5.41) is 14.1. The highest BCUT2D eigenvalue weighted by Crippen LogP contribution is 2.18. The molecule has 0 aliphatic carbocycles. The van der Waals surface area contributed by atoms with Crippen LogP contribution in [0, 0.1) is 18.3 Å². The molecule has 13 heavy (non-hydrogen) atoms. The van der Waals surface area contributed by atoms with Crippen molar-refractivity contribution in [1.82, 2.24) is 9.78 Å². The van der Waals surface area contributed by atoms with E-state index in [2.05, 4.69) is 11.2 Å².